The van der Waals surface area contributed by atoms with E-state index in [1.807, 2.05) is 6.92 Å². The largest absolute Gasteiger partial charge is 0.399 e. The molecule has 1 fully saturated rings. The first kappa shape index (κ1) is 13.8. The van der Waals surface area contributed by atoms with Crippen molar-refractivity contribution in [2.75, 3.05) is 5.73 Å². The summed E-state index contributed by atoms with van der Waals surface area (Å²) in [4.78, 5) is 12.0. The molecule has 19 heavy (non-hydrogen) atoms. The molecule has 1 aliphatic rings. The Hall–Kier alpha value is -1.58. The Morgan fingerprint density at radius 2 is 2.05 bits per heavy atom. The van der Waals surface area contributed by atoms with Gasteiger partial charge in [0.2, 0.25) is 0 Å². The lowest BCUT2D eigenvalue weighted by Gasteiger charge is -2.28. The van der Waals surface area contributed by atoms with Crippen LogP contribution in [0.1, 0.15) is 49.4 Å². The predicted octanol–water partition coefficient (Wildman–Crippen LogP) is 3.11. The van der Waals surface area contributed by atoms with Gasteiger partial charge in [-0.1, -0.05) is 19.3 Å². The molecule has 1 amide bonds. The Kier molecular flexibility index (Phi) is 4.40. The number of benzene rings is 1. The van der Waals surface area contributed by atoms with Crippen LogP contribution < -0.4 is 11.1 Å². The van der Waals surface area contributed by atoms with Crippen LogP contribution >= 0.6 is 0 Å². The summed E-state index contributed by atoms with van der Waals surface area (Å²) in [5.41, 5.74) is 5.87. The van der Waals surface area contributed by atoms with E-state index in [1.165, 1.54) is 31.4 Å². The summed E-state index contributed by atoms with van der Waals surface area (Å²) in [6, 6.07) is 4.25. The summed E-state index contributed by atoms with van der Waals surface area (Å²) in [7, 11) is 0. The molecule has 4 heteroatoms. The number of carbonyl (C=O) groups is 1. The summed E-state index contributed by atoms with van der Waals surface area (Å²) in [5.74, 6) is -0.404. The molecular weight excluding hydrogens is 243 g/mol. The quantitative estimate of drug-likeness (QED) is 0.824. The lowest BCUT2D eigenvalue weighted by atomic mass is 9.84. The Bertz CT molecular complexity index is 455. The molecule has 2 rings (SSSR count). The van der Waals surface area contributed by atoms with Gasteiger partial charge in [-0.3, -0.25) is 4.79 Å². The van der Waals surface area contributed by atoms with Crippen LogP contribution in [-0.2, 0) is 0 Å². The highest BCUT2D eigenvalue weighted by molar-refractivity contribution is 5.95. The van der Waals surface area contributed by atoms with Gasteiger partial charge in [0.1, 0.15) is 5.82 Å². The normalized spacial score (nSPS) is 18.0. The Morgan fingerprint density at radius 3 is 2.68 bits per heavy atom. The fourth-order valence-corrected chi connectivity index (χ4v) is 2.75. The molecule has 0 saturated heterocycles. The molecule has 0 heterocycles. The third-order valence-electron chi connectivity index (χ3n) is 3.95. The van der Waals surface area contributed by atoms with E-state index >= 15 is 0 Å². The zero-order chi connectivity index (χ0) is 13.8. The Labute approximate surface area is 113 Å². The molecule has 3 N–H and O–H groups in total. The van der Waals surface area contributed by atoms with Gasteiger partial charge < -0.3 is 11.1 Å². The maximum atomic E-state index is 13.7. The average molecular weight is 264 g/mol. The molecule has 1 aliphatic carbocycles. The molecule has 104 valence electrons. The number of hydrogen-bond acceptors (Lipinski definition) is 2. The predicted molar refractivity (Wildman–Crippen MR) is 74.3 cm³/mol. The van der Waals surface area contributed by atoms with Crippen LogP contribution in [0.5, 0.6) is 0 Å². The highest BCUT2D eigenvalue weighted by Gasteiger charge is 2.22. The third-order valence-corrected chi connectivity index (χ3v) is 3.95. The van der Waals surface area contributed by atoms with Crippen molar-refractivity contribution < 1.29 is 9.18 Å². The molecule has 3 nitrogen and oxygen atoms in total. The summed E-state index contributed by atoms with van der Waals surface area (Å²) in [6.07, 6.45) is 6.02. The van der Waals surface area contributed by atoms with Crippen molar-refractivity contribution in [2.45, 2.75) is 45.1 Å². The van der Waals surface area contributed by atoms with Crippen molar-refractivity contribution in [3.8, 4) is 0 Å². The van der Waals surface area contributed by atoms with E-state index < -0.39 is 5.82 Å². The first-order valence-electron chi connectivity index (χ1n) is 6.94. The van der Waals surface area contributed by atoms with Gasteiger partial charge >= 0.3 is 0 Å². The Balaban J connectivity index is 1.99. The number of nitrogens with two attached hydrogens (primary N) is 1. The van der Waals surface area contributed by atoms with Crippen molar-refractivity contribution in [1.29, 1.82) is 0 Å². The topological polar surface area (TPSA) is 55.1 Å². The number of carbonyl (C=O) groups excluding carboxylic acids is 1. The van der Waals surface area contributed by atoms with Crippen molar-refractivity contribution >= 4 is 11.6 Å². The van der Waals surface area contributed by atoms with Crippen LogP contribution in [-0.4, -0.2) is 11.9 Å². The van der Waals surface area contributed by atoms with Gasteiger partial charge in [0, 0.05) is 11.7 Å². The molecule has 0 aliphatic heterocycles. The zero-order valence-corrected chi connectivity index (χ0v) is 11.3. The minimum atomic E-state index is -0.562. The molecule has 0 radical (unpaired) electrons. The number of nitrogen functional groups attached to an aromatic ring is 1. The van der Waals surface area contributed by atoms with Crippen molar-refractivity contribution in [2.24, 2.45) is 5.92 Å². The summed E-state index contributed by atoms with van der Waals surface area (Å²) in [5, 5.41) is 2.91. The first-order valence-corrected chi connectivity index (χ1v) is 6.94. The van der Waals surface area contributed by atoms with Crippen molar-refractivity contribution in [1.82, 2.24) is 5.32 Å². The molecule has 1 atom stereocenters. The Morgan fingerprint density at radius 1 is 1.37 bits per heavy atom. The second kappa shape index (κ2) is 6.04. The molecule has 1 saturated carbocycles. The summed E-state index contributed by atoms with van der Waals surface area (Å²) >= 11 is 0. The highest BCUT2D eigenvalue weighted by Crippen LogP contribution is 2.26. The molecule has 0 unspecified atom stereocenters. The molecule has 0 spiro atoms. The van der Waals surface area contributed by atoms with Gasteiger partial charge in [-0.2, -0.15) is 0 Å². The molecule has 1 aromatic rings. The SMILES string of the molecule is C[C@H](NC(=O)c1ccc(N)cc1F)C1CCCCC1. The molecular formula is C15H21FN2O. The number of anilines is 1. The fourth-order valence-electron chi connectivity index (χ4n) is 2.75. The number of halogens is 1. The monoisotopic (exact) mass is 264 g/mol. The molecule has 0 aromatic heterocycles. The van der Waals surface area contributed by atoms with Crippen molar-refractivity contribution in [3.63, 3.8) is 0 Å². The smallest absolute Gasteiger partial charge is 0.254 e. The second-order valence-electron chi connectivity index (χ2n) is 5.40. The van der Waals surface area contributed by atoms with Gasteiger partial charge in [-0.15, -0.1) is 0 Å². The van der Waals surface area contributed by atoms with Crippen LogP contribution in [0, 0.1) is 11.7 Å². The van der Waals surface area contributed by atoms with Gasteiger partial charge in [0.05, 0.1) is 5.56 Å². The van der Waals surface area contributed by atoms with Gasteiger partial charge in [0.25, 0.3) is 5.91 Å². The number of hydrogen-bond donors (Lipinski definition) is 2. The minimum absolute atomic E-state index is 0.0665. The number of amides is 1. The molecule has 0 bridgehead atoms. The minimum Gasteiger partial charge on any atom is -0.399 e. The van der Waals surface area contributed by atoms with Gasteiger partial charge in [-0.25, -0.2) is 4.39 Å². The van der Waals surface area contributed by atoms with Crippen molar-refractivity contribution in [3.05, 3.63) is 29.6 Å². The van der Waals surface area contributed by atoms with E-state index in [1.54, 1.807) is 6.07 Å². The van der Waals surface area contributed by atoms with E-state index in [2.05, 4.69) is 5.32 Å². The van der Waals surface area contributed by atoms with Crippen LogP contribution in [0.2, 0.25) is 0 Å². The van der Waals surface area contributed by atoms with E-state index in [9.17, 15) is 9.18 Å². The van der Waals surface area contributed by atoms with E-state index in [0.29, 0.717) is 11.6 Å². The van der Waals surface area contributed by atoms with E-state index in [0.717, 1.165) is 12.8 Å². The summed E-state index contributed by atoms with van der Waals surface area (Å²) < 4.78 is 13.7. The van der Waals surface area contributed by atoms with Gasteiger partial charge in [0.15, 0.2) is 0 Å². The van der Waals surface area contributed by atoms with Crippen LogP contribution in [0.4, 0.5) is 10.1 Å². The second-order valence-corrected chi connectivity index (χ2v) is 5.40. The lowest BCUT2D eigenvalue weighted by Crippen LogP contribution is -2.39. The van der Waals surface area contributed by atoms with Crippen LogP contribution in [0.3, 0.4) is 0 Å². The lowest BCUT2D eigenvalue weighted by molar-refractivity contribution is 0.0915. The number of nitrogens with one attached hydrogen (secondary N) is 1. The average Bonchev–Trinajstić information content (AvgIpc) is 2.39. The third kappa shape index (κ3) is 3.46. The highest BCUT2D eigenvalue weighted by atomic mass is 19.1. The van der Waals surface area contributed by atoms with Gasteiger partial charge in [-0.05, 0) is 43.9 Å². The standard InChI is InChI=1S/C15H21FN2O/c1-10(11-5-3-2-4-6-11)18-15(19)13-8-7-12(17)9-14(13)16/h7-11H,2-6,17H2,1H3,(H,18,19)/t10-/m0/s1. The van der Waals surface area contributed by atoms with Crippen LogP contribution in [0.25, 0.3) is 0 Å². The fraction of sp³-hybridized carbons (Fsp3) is 0.533. The molecule has 1 aromatic carbocycles. The maximum absolute atomic E-state index is 13.7. The van der Waals surface area contributed by atoms with E-state index in [-0.39, 0.29) is 17.5 Å². The maximum Gasteiger partial charge on any atom is 0.254 e. The van der Waals surface area contributed by atoms with Crippen LogP contribution in [0.15, 0.2) is 18.2 Å². The summed E-state index contributed by atoms with van der Waals surface area (Å²) in [6.45, 7) is 2.00. The van der Waals surface area contributed by atoms with E-state index in [4.69, 9.17) is 5.73 Å². The zero-order valence-electron chi connectivity index (χ0n) is 11.3. The number of rotatable bonds is 3. The first-order chi connectivity index (χ1) is 9.08.